The molecule has 0 amide bonds. The van der Waals surface area contributed by atoms with Crippen molar-refractivity contribution in [3.8, 4) is 0 Å². The van der Waals surface area contributed by atoms with Gasteiger partial charge in [-0.3, -0.25) is 14.4 Å². The summed E-state index contributed by atoms with van der Waals surface area (Å²) >= 11 is 12.7. The Labute approximate surface area is 203 Å². The van der Waals surface area contributed by atoms with E-state index in [1.54, 1.807) is 13.8 Å². The first-order valence-corrected chi connectivity index (χ1v) is 12.6. The Morgan fingerprint density at radius 2 is 1.94 bits per heavy atom. The lowest BCUT2D eigenvalue weighted by molar-refractivity contribution is -0.226. The standard InChI is InChI=1S/C25H31Cl2FO5/c1-5-21(32)33-25(20(31)12-26)13(2)8-15-16-10-18(27)17-9-14(29)6-7-22(17,3)24(16,28)19(30)11-23(15,25)4/h6-7,9,13,15-16,18-19,30H,5,8,10-12H2,1-4H3/t13-,15-,16-,18-,19-,22-,23-,24-,25-/m0/s1. The Balaban J connectivity index is 1.88. The minimum absolute atomic E-state index is 0.0771. The predicted octanol–water partition coefficient (Wildman–Crippen LogP) is 4.32. The molecule has 0 saturated heterocycles. The van der Waals surface area contributed by atoms with Gasteiger partial charge >= 0.3 is 5.97 Å². The average molecular weight is 501 g/mol. The maximum Gasteiger partial charge on any atom is 0.306 e. The fourth-order valence-electron chi connectivity index (χ4n) is 7.74. The Bertz CT molecular complexity index is 964. The van der Waals surface area contributed by atoms with Crippen molar-refractivity contribution in [2.75, 3.05) is 5.88 Å². The van der Waals surface area contributed by atoms with Crippen molar-refractivity contribution in [3.05, 3.63) is 23.8 Å². The molecule has 0 bridgehead atoms. The summed E-state index contributed by atoms with van der Waals surface area (Å²) in [5.74, 6) is -3.05. The summed E-state index contributed by atoms with van der Waals surface area (Å²) < 4.78 is 23.2. The van der Waals surface area contributed by atoms with Gasteiger partial charge in [0.25, 0.3) is 0 Å². The number of ether oxygens (including phenoxy) is 1. The molecule has 182 valence electrons. The molecular weight excluding hydrogens is 470 g/mol. The van der Waals surface area contributed by atoms with E-state index in [4.69, 9.17) is 27.9 Å². The predicted molar refractivity (Wildman–Crippen MR) is 123 cm³/mol. The number of ketones is 2. The van der Waals surface area contributed by atoms with E-state index in [9.17, 15) is 19.5 Å². The third-order valence-electron chi connectivity index (χ3n) is 9.27. The van der Waals surface area contributed by atoms with Crippen LogP contribution in [-0.4, -0.2) is 51.3 Å². The number of aliphatic hydroxyl groups excluding tert-OH is 1. The van der Waals surface area contributed by atoms with E-state index < -0.39 is 57.2 Å². The highest BCUT2D eigenvalue weighted by Gasteiger charge is 2.77. The number of aliphatic hydroxyl groups is 1. The van der Waals surface area contributed by atoms with Crippen LogP contribution in [0.25, 0.3) is 0 Å². The van der Waals surface area contributed by atoms with Crippen LogP contribution in [0.2, 0.25) is 0 Å². The number of allylic oxidation sites excluding steroid dienone is 4. The lowest BCUT2D eigenvalue weighted by atomic mass is 9.44. The average Bonchev–Trinajstić information content (AvgIpc) is 2.98. The monoisotopic (exact) mass is 500 g/mol. The molecule has 9 atom stereocenters. The van der Waals surface area contributed by atoms with Gasteiger partial charge in [0.2, 0.25) is 0 Å². The molecule has 4 aliphatic rings. The number of Topliss-reactive ketones (excluding diaryl/α,β-unsaturated/α-hetero) is 1. The van der Waals surface area contributed by atoms with Gasteiger partial charge in [-0.2, -0.15) is 0 Å². The normalized spacial score (nSPS) is 48.4. The van der Waals surface area contributed by atoms with Crippen LogP contribution >= 0.6 is 23.2 Å². The second-order valence-electron chi connectivity index (χ2n) is 10.6. The molecule has 0 heterocycles. The molecule has 1 N–H and O–H groups in total. The number of carbonyl (C=O) groups excluding carboxylic acids is 3. The summed E-state index contributed by atoms with van der Waals surface area (Å²) in [4.78, 5) is 37.9. The first-order chi connectivity index (χ1) is 15.3. The van der Waals surface area contributed by atoms with E-state index >= 15 is 4.39 Å². The number of rotatable bonds is 4. The van der Waals surface area contributed by atoms with Crippen molar-refractivity contribution in [2.24, 2.45) is 28.6 Å². The molecule has 3 saturated carbocycles. The van der Waals surface area contributed by atoms with Crippen molar-refractivity contribution in [1.82, 2.24) is 0 Å². The quantitative estimate of drug-likeness (QED) is 0.459. The van der Waals surface area contributed by atoms with E-state index in [-0.39, 0.29) is 36.8 Å². The summed E-state index contributed by atoms with van der Waals surface area (Å²) in [6.45, 7) is 6.97. The zero-order valence-corrected chi connectivity index (χ0v) is 20.9. The van der Waals surface area contributed by atoms with Crippen LogP contribution in [0.5, 0.6) is 0 Å². The van der Waals surface area contributed by atoms with Gasteiger partial charge in [-0.1, -0.05) is 26.8 Å². The molecule has 0 aromatic carbocycles. The molecule has 4 rings (SSSR count). The van der Waals surface area contributed by atoms with Crippen LogP contribution in [0.15, 0.2) is 23.8 Å². The Kier molecular flexibility index (Phi) is 5.95. The minimum atomic E-state index is -2.10. The summed E-state index contributed by atoms with van der Waals surface area (Å²) in [6, 6.07) is 0. The Morgan fingerprint density at radius 3 is 2.55 bits per heavy atom. The highest BCUT2D eigenvalue weighted by molar-refractivity contribution is 6.29. The fourth-order valence-corrected chi connectivity index (χ4v) is 8.42. The van der Waals surface area contributed by atoms with Crippen molar-refractivity contribution in [2.45, 2.75) is 76.1 Å². The molecule has 8 heteroatoms. The second kappa shape index (κ2) is 7.89. The SMILES string of the molecule is CCC(=O)O[C@]1(C(=O)CCl)[C@@H](C)C[C@H]2[C@@H]3C[C@H](Cl)C4=CC(=O)C=C[C@]4(C)[C@@]3(F)[C@@H](O)C[C@@]21C. The zero-order valence-electron chi connectivity index (χ0n) is 19.4. The Morgan fingerprint density at radius 1 is 1.27 bits per heavy atom. The van der Waals surface area contributed by atoms with Crippen LogP contribution in [0.1, 0.15) is 53.4 Å². The summed E-state index contributed by atoms with van der Waals surface area (Å²) in [5, 5.41) is 10.8. The van der Waals surface area contributed by atoms with Crippen molar-refractivity contribution in [1.29, 1.82) is 0 Å². The molecule has 0 aliphatic heterocycles. The van der Waals surface area contributed by atoms with Crippen molar-refractivity contribution < 1.29 is 28.6 Å². The van der Waals surface area contributed by atoms with Gasteiger partial charge in [0, 0.05) is 29.1 Å². The third-order valence-corrected chi connectivity index (χ3v) is 9.92. The van der Waals surface area contributed by atoms with Gasteiger partial charge in [0.15, 0.2) is 22.8 Å². The molecule has 4 aliphatic carbocycles. The highest BCUT2D eigenvalue weighted by atomic mass is 35.5. The maximum atomic E-state index is 17.3. The number of esters is 1. The molecule has 0 radical (unpaired) electrons. The first-order valence-electron chi connectivity index (χ1n) is 11.6. The van der Waals surface area contributed by atoms with Crippen LogP contribution in [-0.2, 0) is 19.1 Å². The maximum absolute atomic E-state index is 17.3. The lowest BCUT2D eigenvalue weighted by Crippen LogP contribution is -2.71. The number of hydrogen-bond acceptors (Lipinski definition) is 5. The van der Waals surface area contributed by atoms with Gasteiger partial charge in [-0.05, 0) is 49.8 Å². The highest BCUT2D eigenvalue weighted by Crippen LogP contribution is 2.71. The third kappa shape index (κ3) is 2.96. The van der Waals surface area contributed by atoms with Crippen molar-refractivity contribution >= 4 is 40.7 Å². The van der Waals surface area contributed by atoms with Gasteiger partial charge in [0.1, 0.15) is 0 Å². The number of alkyl halides is 3. The molecule has 0 unspecified atom stereocenters. The zero-order chi connectivity index (χ0) is 24.6. The number of hydrogen-bond donors (Lipinski definition) is 1. The van der Waals surface area contributed by atoms with Gasteiger partial charge in [0.05, 0.1) is 17.4 Å². The van der Waals surface area contributed by atoms with E-state index in [0.717, 1.165) is 0 Å². The molecule has 33 heavy (non-hydrogen) atoms. The first kappa shape index (κ1) is 24.9. The molecule has 5 nitrogen and oxygen atoms in total. The molecule has 0 aromatic rings. The van der Waals surface area contributed by atoms with Crippen LogP contribution in [0, 0.1) is 28.6 Å². The lowest BCUT2D eigenvalue weighted by Gasteiger charge is -2.63. The summed E-state index contributed by atoms with van der Waals surface area (Å²) in [5.41, 5.74) is -5.45. The Hall–Kier alpha value is -1.24. The van der Waals surface area contributed by atoms with E-state index in [1.165, 1.54) is 18.2 Å². The van der Waals surface area contributed by atoms with Crippen LogP contribution < -0.4 is 0 Å². The molecule has 0 aromatic heterocycles. The van der Waals surface area contributed by atoms with E-state index in [0.29, 0.717) is 12.0 Å². The van der Waals surface area contributed by atoms with Crippen molar-refractivity contribution in [3.63, 3.8) is 0 Å². The molecule has 0 spiro atoms. The topological polar surface area (TPSA) is 80.7 Å². The number of halogens is 3. The number of fused-ring (bicyclic) bond motifs is 5. The summed E-state index contributed by atoms with van der Waals surface area (Å²) in [6.07, 6.45) is 3.43. The van der Waals surface area contributed by atoms with Gasteiger partial charge in [-0.25, -0.2) is 4.39 Å². The minimum Gasteiger partial charge on any atom is -0.450 e. The second-order valence-corrected chi connectivity index (χ2v) is 11.4. The van der Waals surface area contributed by atoms with E-state index in [1.807, 2.05) is 13.8 Å². The number of carbonyl (C=O) groups is 3. The largest absolute Gasteiger partial charge is 0.450 e. The van der Waals surface area contributed by atoms with Gasteiger partial charge < -0.3 is 9.84 Å². The van der Waals surface area contributed by atoms with Crippen LogP contribution in [0.4, 0.5) is 4.39 Å². The molecule has 3 fully saturated rings. The van der Waals surface area contributed by atoms with Crippen LogP contribution in [0.3, 0.4) is 0 Å². The van der Waals surface area contributed by atoms with Gasteiger partial charge in [-0.15, -0.1) is 23.2 Å². The summed E-state index contributed by atoms with van der Waals surface area (Å²) in [7, 11) is 0. The smallest absolute Gasteiger partial charge is 0.306 e. The fraction of sp³-hybridized carbons (Fsp3) is 0.720. The van der Waals surface area contributed by atoms with E-state index in [2.05, 4.69) is 0 Å². The molecular formula is C25H31Cl2FO5.